The number of carboxylic acid groups (broad SMARTS) is 1. The molecule has 0 radical (unpaired) electrons. The number of aliphatic hydroxyl groups excluding tert-OH is 1. The Labute approximate surface area is 99.5 Å². The molecule has 16 heavy (non-hydrogen) atoms. The minimum absolute atomic E-state index is 0.146. The third kappa shape index (κ3) is 4.24. The summed E-state index contributed by atoms with van der Waals surface area (Å²) in [5.74, 6) is -0.111. The van der Waals surface area contributed by atoms with E-state index in [-0.39, 0.29) is 6.42 Å². The number of thioether (sulfide) groups is 1. The summed E-state index contributed by atoms with van der Waals surface area (Å²) >= 11 is 1.60. The maximum atomic E-state index is 10.4. The number of aliphatic hydroxyl groups is 1. The van der Waals surface area contributed by atoms with Gasteiger partial charge in [-0.2, -0.15) is 11.8 Å². The summed E-state index contributed by atoms with van der Waals surface area (Å²) in [6.45, 7) is 0. The first-order valence-corrected chi connectivity index (χ1v) is 6.50. The summed E-state index contributed by atoms with van der Waals surface area (Å²) in [5, 5.41) is 18.3. The SMILES string of the molecule is CSCC(O)c1ccc(CCC(=O)O)cc1. The van der Waals surface area contributed by atoms with E-state index in [1.165, 1.54) is 0 Å². The van der Waals surface area contributed by atoms with Gasteiger partial charge in [0.25, 0.3) is 0 Å². The van der Waals surface area contributed by atoms with Crippen molar-refractivity contribution in [1.82, 2.24) is 0 Å². The molecule has 4 heteroatoms. The van der Waals surface area contributed by atoms with Gasteiger partial charge in [-0.05, 0) is 23.8 Å². The molecule has 1 aromatic rings. The third-order valence-electron chi connectivity index (χ3n) is 2.32. The Morgan fingerprint density at radius 3 is 2.50 bits per heavy atom. The molecule has 3 nitrogen and oxygen atoms in total. The van der Waals surface area contributed by atoms with Crippen LogP contribution in [0.5, 0.6) is 0 Å². The van der Waals surface area contributed by atoms with Gasteiger partial charge in [0.2, 0.25) is 0 Å². The van der Waals surface area contributed by atoms with Gasteiger partial charge in [-0.15, -0.1) is 0 Å². The molecule has 0 aliphatic rings. The monoisotopic (exact) mass is 240 g/mol. The predicted molar refractivity (Wildman–Crippen MR) is 65.7 cm³/mol. The van der Waals surface area contributed by atoms with Crippen molar-refractivity contribution < 1.29 is 15.0 Å². The first-order chi connectivity index (χ1) is 7.63. The molecule has 0 heterocycles. The fourth-order valence-corrected chi connectivity index (χ4v) is 1.92. The van der Waals surface area contributed by atoms with Crippen LogP contribution >= 0.6 is 11.8 Å². The van der Waals surface area contributed by atoms with Crippen molar-refractivity contribution in [2.45, 2.75) is 18.9 Å². The van der Waals surface area contributed by atoms with Crippen LogP contribution in [0.1, 0.15) is 23.7 Å². The Kier molecular flexibility index (Phi) is 5.35. The molecule has 0 fully saturated rings. The smallest absolute Gasteiger partial charge is 0.303 e. The molecule has 88 valence electrons. The zero-order valence-electron chi connectivity index (χ0n) is 9.22. The Morgan fingerprint density at radius 2 is 2.00 bits per heavy atom. The molecule has 1 aromatic carbocycles. The fourth-order valence-electron chi connectivity index (χ4n) is 1.41. The lowest BCUT2D eigenvalue weighted by Gasteiger charge is -2.09. The average Bonchev–Trinajstić information content (AvgIpc) is 2.27. The van der Waals surface area contributed by atoms with E-state index in [0.29, 0.717) is 12.2 Å². The topological polar surface area (TPSA) is 57.5 Å². The van der Waals surface area contributed by atoms with Crippen LogP contribution in [0.2, 0.25) is 0 Å². The highest BCUT2D eigenvalue weighted by atomic mass is 32.2. The maximum Gasteiger partial charge on any atom is 0.303 e. The second kappa shape index (κ2) is 6.55. The molecule has 0 aliphatic carbocycles. The van der Waals surface area contributed by atoms with Gasteiger partial charge in [-0.25, -0.2) is 0 Å². The molecule has 1 atom stereocenters. The number of hydrogen-bond acceptors (Lipinski definition) is 3. The summed E-state index contributed by atoms with van der Waals surface area (Å²) < 4.78 is 0. The Balaban J connectivity index is 2.57. The second-order valence-electron chi connectivity index (χ2n) is 3.61. The van der Waals surface area contributed by atoms with Crippen LogP contribution in [0.15, 0.2) is 24.3 Å². The van der Waals surface area contributed by atoms with Gasteiger partial charge in [0, 0.05) is 12.2 Å². The second-order valence-corrected chi connectivity index (χ2v) is 4.52. The lowest BCUT2D eigenvalue weighted by Crippen LogP contribution is -2.01. The van der Waals surface area contributed by atoms with Gasteiger partial charge >= 0.3 is 5.97 Å². The van der Waals surface area contributed by atoms with Crippen LogP contribution in [0.25, 0.3) is 0 Å². The van der Waals surface area contributed by atoms with Crippen LogP contribution in [-0.4, -0.2) is 28.2 Å². The summed E-state index contributed by atoms with van der Waals surface area (Å²) in [6.07, 6.45) is 2.19. The summed E-state index contributed by atoms with van der Waals surface area (Å²) in [7, 11) is 0. The van der Waals surface area contributed by atoms with Gasteiger partial charge in [0.15, 0.2) is 0 Å². The minimum Gasteiger partial charge on any atom is -0.481 e. The number of hydrogen-bond donors (Lipinski definition) is 2. The van der Waals surface area contributed by atoms with Crippen LogP contribution in [0.4, 0.5) is 0 Å². The normalized spacial score (nSPS) is 12.4. The summed E-state index contributed by atoms with van der Waals surface area (Å²) in [4.78, 5) is 10.4. The Morgan fingerprint density at radius 1 is 1.38 bits per heavy atom. The zero-order chi connectivity index (χ0) is 12.0. The fraction of sp³-hybridized carbons (Fsp3) is 0.417. The van der Waals surface area contributed by atoms with E-state index in [2.05, 4.69) is 0 Å². The molecule has 0 bridgehead atoms. The molecule has 0 saturated heterocycles. The Hall–Kier alpha value is -1.00. The highest BCUT2D eigenvalue weighted by Gasteiger charge is 2.06. The highest BCUT2D eigenvalue weighted by molar-refractivity contribution is 7.98. The lowest BCUT2D eigenvalue weighted by molar-refractivity contribution is -0.136. The number of aliphatic carboxylic acids is 1. The predicted octanol–water partition coefficient (Wildman–Crippen LogP) is 2.10. The van der Waals surface area contributed by atoms with E-state index >= 15 is 0 Å². The van der Waals surface area contributed by atoms with Gasteiger partial charge in [-0.1, -0.05) is 24.3 Å². The van der Waals surface area contributed by atoms with Gasteiger partial charge in [0.05, 0.1) is 6.10 Å². The molecule has 0 aromatic heterocycles. The summed E-state index contributed by atoms with van der Waals surface area (Å²) in [6, 6.07) is 7.47. The van der Waals surface area contributed by atoms with E-state index in [1.54, 1.807) is 11.8 Å². The molecule has 0 amide bonds. The van der Waals surface area contributed by atoms with Crippen molar-refractivity contribution in [2.75, 3.05) is 12.0 Å². The molecule has 1 unspecified atom stereocenters. The van der Waals surface area contributed by atoms with Gasteiger partial charge in [-0.3, -0.25) is 4.79 Å². The van der Waals surface area contributed by atoms with Crippen LogP contribution in [0.3, 0.4) is 0 Å². The number of carbonyl (C=O) groups is 1. The largest absolute Gasteiger partial charge is 0.481 e. The molecule has 0 aliphatic heterocycles. The van der Waals surface area contributed by atoms with Gasteiger partial charge in [0.1, 0.15) is 0 Å². The first-order valence-electron chi connectivity index (χ1n) is 5.11. The number of aryl methyl sites for hydroxylation is 1. The molecule has 1 rings (SSSR count). The molecular formula is C12H16O3S. The van der Waals surface area contributed by atoms with Crippen molar-refractivity contribution >= 4 is 17.7 Å². The lowest BCUT2D eigenvalue weighted by atomic mass is 10.1. The standard InChI is InChI=1S/C12H16O3S/c1-16-8-11(13)10-5-2-9(3-6-10)4-7-12(14)15/h2-3,5-6,11,13H,4,7-8H2,1H3,(H,14,15). The molecule has 0 saturated carbocycles. The highest BCUT2D eigenvalue weighted by Crippen LogP contribution is 2.17. The molecular weight excluding hydrogens is 224 g/mol. The van der Waals surface area contributed by atoms with E-state index in [4.69, 9.17) is 5.11 Å². The quantitative estimate of drug-likeness (QED) is 0.799. The van der Waals surface area contributed by atoms with E-state index in [0.717, 1.165) is 11.1 Å². The molecule has 0 spiro atoms. The first kappa shape index (κ1) is 13.1. The van der Waals surface area contributed by atoms with Gasteiger partial charge < -0.3 is 10.2 Å². The van der Waals surface area contributed by atoms with Crippen molar-refractivity contribution in [1.29, 1.82) is 0 Å². The Bertz CT molecular complexity index is 335. The number of benzene rings is 1. The number of carboxylic acids is 1. The molecule has 2 N–H and O–H groups in total. The minimum atomic E-state index is -0.786. The summed E-state index contributed by atoms with van der Waals surface area (Å²) in [5.41, 5.74) is 1.87. The van der Waals surface area contributed by atoms with E-state index in [1.807, 2.05) is 30.5 Å². The van der Waals surface area contributed by atoms with Crippen LogP contribution in [-0.2, 0) is 11.2 Å². The maximum absolute atomic E-state index is 10.4. The number of rotatable bonds is 6. The third-order valence-corrected chi connectivity index (χ3v) is 2.97. The van der Waals surface area contributed by atoms with Crippen molar-refractivity contribution in [2.24, 2.45) is 0 Å². The van der Waals surface area contributed by atoms with Crippen LogP contribution < -0.4 is 0 Å². The van der Waals surface area contributed by atoms with Crippen LogP contribution in [0, 0.1) is 0 Å². The van der Waals surface area contributed by atoms with Crippen molar-refractivity contribution in [3.05, 3.63) is 35.4 Å². The zero-order valence-corrected chi connectivity index (χ0v) is 10.0. The van der Waals surface area contributed by atoms with Crippen molar-refractivity contribution in [3.8, 4) is 0 Å². The van der Waals surface area contributed by atoms with Crippen molar-refractivity contribution in [3.63, 3.8) is 0 Å². The van der Waals surface area contributed by atoms with E-state index < -0.39 is 12.1 Å². The average molecular weight is 240 g/mol. The van der Waals surface area contributed by atoms with E-state index in [9.17, 15) is 9.90 Å².